The van der Waals surface area contributed by atoms with E-state index in [1.807, 2.05) is 38.1 Å². The number of amidine groups is 1. The molecule has 2 heterocycles. The molecular weight excluding hydrogens is 600 g/mol. The number of para-hydroxylation sites is 1. The van der Waals surface area contributed by atoms with Gasteiger partial charge >= 0.3 is 12.4 Å². The number of aromatic nitrogens is 3. The number of carbonyl (C=O) groups excluding carboxylic acids is 2. The molecule has 1 N–H and O–H groups in total. The minimum absolute atomic E-state index is 0.146. The van der Waals surface area contributed by atoms with E-state index in [1.165, 1.54) is 52.3 Å². The van der Waals surface area contributed by atoms with E-state index >= 15 is 4.39 Å². The fourth-order valence-electron chi connectivity index (χ4n) is 4.44. The first-order valence-electron chi connectivity index (χ1n) is 13.4. The number of ether oxygens (including phenoxy) is 1. The maximum atomic E-state index is 15.0. The Morgan fingerprint density at radius 1 is 1.07 bits per heavy atom. The molecule has 1 unspecified atom stereocenters. The molecule has 1 aromatic heterocycles. The molecule has 3 aromatic carbocycles. The zero-order valence-electron chi connectivity index (χ0n) is 23.5. The van der Waals surface area contributed by atoms with Crippen molar-refractivity contribution in [2.75, 3.05) is 17.2 Å². The number of hydrogen-bond donors (Lipinski definition) is 1. The zero-order valence-corrected chi connectivity index (χ0v) is 24.3. The smallest absolute Gasteiger partial charge is 0.406 e. The standard InChI is InChI=1S/C30H26F4N6O3S/c1-18(2)23-5-3-4-6-25(23)40-26(41)16-44-29(40)37-28(42)35-15-24(31)19-7-9-20(10-8-19)27-36-17-39(38-27)21-11-13-22(14-12-21)43-30(32,33)34/h3-14,17-18,24H,15-16H2,1-2H3,(H,35,42). The van der Waals surface area contributed by atoms with Crippen LogP contribution in [-0.2, 0) is 4.79 Å². The number of urea groups is 1. The van der Waals surface area contributed by atoms with E-state index in [9.17, 15) is 22.8 Å². The van der Waals surface area contributed by atoms with Crippen LogP contribution < -0.4 is 15.0 Å². The summed E-state index contributed by atoms with van der Waals surface area (Å²) in [6.07, 6.45) is -4.92. The number of rotatable bonds is 8. The van der Waals surface area contributed by atoms with Crippen LogP contribution in [0.3, 0.4) is 0 Å². The van der Waals surface area contributed by atoms with Crippen LogP contribution in [0.1, 0.15) is 37.1 Å². The molecule has 1 aliphatic heterocycles. The minimum atomic E-state index is -4.79. The number of nitrogens with zero attached hydrogens (tertiary/aromatic N) is 5. The Morgan fingerprint density at radius 3 is 2.45 bits per heavy atom. The summed E-state index contributed by atoms with van der Waals surface area (Å²) >= 11 is 1.15. The predicted octanol–water partition coefficient (Wildman–Crippen LogP) is 6.81. The quantitative estimate of drug-likeness (QED) is 0.216. The monoisotopic (exact) mass is 626 g/mol. The number of nitrogens with one attached hydrogen (secondary N) is 1. The molecule has 0 aliphatic carbocycles. The highest BCUT2D eigenvalue weighted by atomic mass is 32.2. The first-order valence-corrected chi connectivity index (χ1v) is 14.4. The number of aliphatic imine (C=N–C) groups is 1. The predicted molar refractivity (Wildman–Crippen MR) is 159 cm³/mol. The second kappa shape index (κ2) is 12.9. The molecule has 0 spiro atoms. The van der Waals surface area contributed by atoms with Crippen LogP contribution in [0.4, 0.5) is 28.0 Å². The van der Waals surface area contributed by atoms with Crippen molar-refractivity contribution in [1.82, 2.24) is 20.1 Å². The maximum Gasteiger partial charge on any atom is 0.573 e. The fourth-order valence-corrected chi connectivity index (χ4v) is 5.30. The lowest BCUT2D eigenvalue weighted by Gasteiger charge is -2.21. The van der Waals surface area contributed by atoms with Crippen molar-refractivity contribution in [1.29, 1.82) is 0 Å². The molecule has 0 bridgehead atoms. The normalized spacial score (nSPS) is 15.2. The summed E-state index contributed by atoms with van der Waals surface area (Å²) in [5.41, 5.74) is 2.96. The third-order valence-electron chi connectivity index (χ3n) is 6.55. The number of thioether (sulfide) groups is 1. The van der Waals surface area contributed by atoms with Crippen molar-refractivity contribution in [3.63, 3.8) is 0 Å². The first-order chi connectivity index (χ1) is 21.0. The summed E-state index contributed by atoms with van der Waals surface area (Å²) in [4.78, 5) is 34.9. The van der Waals surface area contributed by atoms with Gasteiger partial charge in [-0.3, -0.25) is 9.69 Å². The van der Waals surface area contributed by atoms with Gasteiger partial charge in [0, 0.05) is 5.56 Å². The summed E-state index contributed by atoms with van der Waals surface area (Å²) < 4.78 is 57.4. The number of anilines is 1. The molecule has 228 valence electrons. The van der Waals surface area contributed by atoms with E-state index in [1.54, 1.807) is 12.1 Å². The molecular formula is C30H26F4N6O3S. The van der Waals surface area contributed by atoms with Crippen LogP contribution in [0.5, 0.6) is 5.75 Å². The Kier molecular flexibility index (Phi) is 8.99. The van der Waals surface area contributed by atoms with Gasteiger partial charge in [0.15, 0.2) is 11.0 Å². The van der Waals surface area contributed by atoms with Gasteiger partial charge in [0.1, 0.15) is 18.2 Å². The van der Waals surface area contributed by atoms with Crippen LogP contribution in [0.2, 0.25) is 0 Å². The summed E-state index contributed by atoms with van der Waals surface area (Å²) in [5, 5.41) is 7.03. The van der Waals surface area contributed by atoms with Crippen molar-refractivity contribution in [2.45, 2.75) is 32.3 Å². The summed E-state index contributed by atoms with van der Waals surface area (Å²) in [6, 6.07) is 18.1. The summed E-state index contributed by atoms with van der Waals surface area (Å²) in [7, 11) is 0. The summed E-state index contributed by atoms with van der Waals surface area (Å²) in [5.74, 6) is 0.0630. The van der Waals surface area contributed by atoms with Gasteiger partial charge in [0.25, 0.3) is 0 Å². The van der Waals surface area contributed by atoms with Gasteiger partial charge in [-0.1, -0.05) is 68.1 Å². The van der Waals surface area contributed by atoms with Gasteiger partial charge in [0.2, 0.25) is 5.91 Å². The van der Waals surface area contributed by atoms with Crippen molar-refractivity contribution in [2.24, 2.45) is 4.99 Å². The fraction of sp³-hybridized carbons (Fsp3) is 0.233. The molecule has 0 saturated carbocycles. The van der Waals surface area contributed by atoms with E-state index < -0.39 is 18.6 Å². The minimum Gasteiger partial charge on any atom is -0.406 e. The van der Waals surface area contributed by atoms with Gasteiger partial charge in [-0.25, -0.2) is 18.9 Å². The molecule has 1 aliphatic rings. The molecule has 3 amide bonds. The van der Waals surface area contributed by atoms with Crippen LogP contribution >= 0.6 is 11.8 Å². The highest BCUT2D eigenvalue weighted by molar-refractivity contribution is 8.15. The molecule has 1 saturated heterocycles. The van der Waals surface area contributed by atoms with E-state index in [-0.39, 0.29) is 35.0 Å². The van der Waals surface area contributed by atoms with Crippen LogP contribution in [-0.4, -0.2) is 50.5 Å². The van der Waals surface area contributed by atoms with Crippen molar-refractivity contribution >= 4 is 34.6 Å². The third kappa shape index (κ3) is 7.25. The Bertz CT molecular complexity index is 1670. The van der Waals surface area contributed by atoms with E-state index in [0.717, 1.165) is 17.3 Å². The van der Waals surface area contributed by atoms with E-state index in [4.69, 9.17) is 0 Å². The van der Waals surface area contributed by atoms with Gasteiger partial charge in [-0.2, -0.15) is 4.99 Å². The van der Waals surface area contributed by atoms with Crippen molar-refractivity contribution in [3.8, 4) is 22.8 Å². The number of halogens is 4. The topological polar surface area (TPSA) is 102 Å². The molecule has 1 fully saturated rings. The van der Waals surface area contributed by atoms with Crippen molar-refractivity contribution < 1.29 is 31.9 Å². The average Bonchev–Trinajstić information content (AvgIpc) is 3.62. The van der Waals surface area contributed by atoms with Crippen LogP contribution in [0, 0.1) is 0 Å². The van der Waals surface area contributed by atoms with E-state index in [0.29, 0.717) is 28.3 Å². The van der Waals surface area contributed by atoms with Gasteiger partial charge in [-0.05, 0) is 47.4 Å². The Morgan fingerprint density at radius 2 is 1.77 bits per heavy atom. The Hall–Kier alpha value is -4.72. The molecule has 14 heteroatoms. The third-order valence-corrected chi connectivity index (χ3v) is 7.48. The highest BCUT2D eigenvalue weighted by Gasteiger charge is 2.32. The molecule has 44 heavy (non-hydrogen) atoms. The first kappa shape index (κ1) is 30.7. The number of benzene rings is 3. The van der Waals surface area contributed by atoms with Crippen molar-refractivity contribution in [3.05, 3.63) is 90.3 Å². The van der Waals surface area contributed by atoms with E-state index in [2.05, 4.69) is 25.1 Å². The molecule has 1 atom stereocenters. The lowest BCUT2D eigenvalue weighted by Crippen LogP contribution is -2.32. The second-order valence-corrected chi connectivity index (χ2v) is 10.9. The van der Waals surface area contributed by atoms with Gasteiger partial charge in [0.05, 0.1) is 23.7 Å². The lowest BCUT2D eigenvalue weighted by atomic mass is 10.0. The highest BCUT2D eigenvalue weighted by Crippen LogP contribution is 2.33. The van der Waals surface area contributed by atoms with Crippen LogP contribution in [0.25, 0.3) is 17.1 Å². The average molecular weight is 627 g/mol. The van der Waals surface area contributed by atoms with Gasteiger partial charge in [-0.15, -0.1) is 18.3 Å². The number of carbonyl (C=O) groups is 2. The largest absolute Gasteiger partial charge is 0.573 e. The molecule has 4 aromatic rings. The lowest BCUT2D eigenvalue weighted by molar-refractivity contribution is -0.274. The Labute approximate surface area is 254 Å². The molecule has 0 radical (unpaired) electrons. The molecule has 5 rings (SSSR count). The zero-order chi connectivity index (χ0) is 31.4. The SMILES string of the molecule is CC(C)c1ccccc1N1C(=O)CSC1=NC(=O)NCC(F)c1ccc(-c2ncn(-c3ccc(OC(F)(F)F)cc3)n2)cc1. The molecule has 9 nitrogen and oxygen atoms in total. The number of hydrogen-bond acceptors (Lipinski definition) is 6. The Balaban J connectivity index is 1.20. The maximum absolute atomic E-state index is 15.0. The van der Waals surface area contributed by atoms with Gasteiger partial charge < -0.3 is 10.1 Å². The second-order valence-electron chi connectivity index (χ2n) is 9.96. The number of amides is 3. The van der Waals surface area contributed by atoms with Crippen LogP contribution in [0.15, 0.2) is 84.1 Å². The number of alkyl halides is 4. The summed E-state index contributed by atoms with van der Waals surface area (Å²) in [6.45, 7) is 3.68.